The van der Waals surface area contributed by atoms with Gasteiger partial charge in [0.15, 0.2) is 0 Å². The summed E-state index contributed by atoms with van der Waals surface area (Å²) in [6.07, 6.45) is 4.24. The fourth-order valence-electron chi connectivity index (χ4n) is 6.92. The molecule has 0 amide bonds. The van der Waals surface area contributed by atoms with E-state index in [0.717, 1.165) is 77.9 Å². The van der Waals surface area contributed by atoms with Gasteiger partial charge in [-0.3, -0.25) is 9.59 Å². The molecule has 0 atom stereocenters. The van der Waals surface area contributed by atoms with Crippen LogP contribution < -0.4 is 0 Å². The maximum atomic E-state index is 11.7. The molecule has 2 aliphatic rings. The highest BCUT2D eigenvalue weighted by atomic mass is 16.4. The predicted octanol–water partition coefficient (Wildman–Crippen LogP) is 9.33. The molecule has 8 nitrogen and oxygen atoms in total. The van der Waals surface area contributed by atoms with E-state index >= 15 is 0 Å². The lowest BCUT2D eigenvalue weighted by Crippen LogP contribution is -1.99. The fraction of sp³-hybridized carbons (Fsp3) is 0.220. The second-order valence-corrected chi connectivity index (χ2v) is 12.6. The minimum Gasteiger partial charge on any atom is -0.481 e. The van der Waals surface area contributed by atoms with Gasteiger partial charge in [-0.2, -0.15) is 0 Å². The molecular formula is C41H40N4O4. The molecular weight excluding hydrogens is 612 g/mol. The molecule has 8 heteroatoms. The smallest absolute Gasteiger partial charge is 0.303 e. The molecule has 0 fully saturated rings. The van der Waals surface area contributed by atoms with E-state index in [2.05, 4.69) is 60.8 Å². The van der Waals surface area contributed by atoms with Crippen LogP contribution in [0.2, 0.25) is 0 Å². The van der Waals surface area contributed by atoms with Crippen molar-refractivity contribution in [2.45, 2.75) is 59.9 Å². The average Bonchev–Trinajstić information content (AvgIpc) is 3.71. The number of hydrogen-bond donors (Lipinski definition) is 3. The first-order chi connectivity index (χ1) is 23.5. The van der Waals surface area contributed by atoms with Gasteiger partial charge in [-0.25, -0.2) is 9.97 Å². The van der Waals surface area contributed by atoms with E-state index in [9.17, 15) is 19.8 Å². The van der Waals surface area contributed by atoms with E-state index in [1.165, 1.54) is 0 Å². The van der Waals surface area contributed by atoms with Crippen LogP contribution in [0.15, 0.2) is 67.8 Å². The molecule has 3 aromatic heterocycles. The molecule has 0 spiro atoms. The summed E-state index contributed by atoms with van der Waals surface area (Å²) < 4.78 is 2.29. The van der Waals surface area contributed by atoms with Gasteiger partial charge in [0, 0.05) is 47.1 Å². The number of benzene rings is 1. The molecule has 4 aromatic rings. The summed E-state index contributed by atoms with van der Waals surface area (Å²) in [6.45, 7) is 17.0. The van der Waals surface area contributed by atoms with Gasteiger partial charge in [-0.1, -0.05) is 55.6 Å². The van der Waals surface area contributed by atoms with E-state index in [1.54, 1.807) is 0 Å². The number of rotatable bonds is 10. The van der Waals surface area contributed by atoms with Crippen LogP contribution >= 0.6 is 0 Å². The third-order valence-electron chi connectivity index (χ3n) is 9.67. The number of hydrogen-bond acceptors (Lipinski definition) is 4. The van der Waals surface area contributed by atoms with Gasteiger partial charge in [0.25, 0.3) is 0 Å². The van der Waals surface area contributed by atoms with Crippen LogP contribution in [0.25, 0.3) is 56.5 Å². The predicted molar refractivity (Wildman–Crippen MR) is 199 cm³/mol. The molecule has 0 saturated heterocycles. The Labute approximate surface area is 285 Å². The Hall–Kier alpha value is -5.76. The van der Waals surface area contributed by atoms with Crippen molar-refractivity contribution in [2.24, 2.45) is 0 Å². The molecule has 6 rings (SSSR count). The number of nitrogens with one attached hydrogen (secondary N) is 1. The molecule has 0 unspecified atom stereocenters. The first-order valence-electron chi connectivity index (χ1n) is 16.4. The largest absolute Gasteiger partial charge is 0.481 e. The third-order valence-corrected chi connectivity index (χ3v) is 9.67. The maximum Gasteiger partial charge on any atom is 0.303 e. The molecule has 0 saturated carbocycles. The Morgan fingerprint density at radius 3 is 1.84 bits per heavy atom. The zero-order chi connectivity index (χ0) is 35.0. The van der Waals surface area contributed by atoms with E-state index in [0.29, 0.717) is 36.5 Å². The Bertz CT molecular complexity index is 2280. The van der Waals surface area contributed by atoms with Crippen LogP contribution in [-0.2, 0) is 16.1 Å². The SMILES string of the molecule is C=Cc1c(C)c2cc3c(C=C)c(C)c(cc4nc(cc5nc(cc1[nH]2)C(C)=C5CCC(=O)O)C(CCC(=O)O)=C4C)n3Cc1ccccc1. The molecule has 1 aromatic carbocycles. The van der Waals surface area contributed by atoms with Crippen molar-refractivity contribution in [3.8, 4) is 0 Å². The van der Waals surface area contributed by atoms with Crippen LogP contribution in [0.3, 0.4) is 0 Å². The van der Waals surface area contributed by atoms with Crippen LogP contribution in [0.5, 0.6) is 0 Å². The highest BCUT2D eigenvalue weighted by Crippen LogP contribution is 2.38. The van der Waals surface area contributed by atoms with Gasteiger partial charge in [-0.05, 0) is 104 Å². The minimum absolute atomic E-state index is 0.0464. The Morgan fingerprint density at radius 1 is 0.714 bits per heavy atom. The van der Waals surface area contributed by atoms with Crippen molar-refractivity contribution in [1.82, 2.24) is 19.5 Å². The summed E-state index contributed by atoms with van der Waals surface area (Å²) >= 11 is 0. The maximum absolute atomic E-state index is 11.7. The lowest BCUT2D eigenvalue weighted by atomic mass is 9.98. The fourth-order valence-corrected chi connectivity index (χ4v) is 6.92. The van der Waals surface area contributed by atoms with Gasteiger partial charge >= 0.3 is 11.9 Å². The normalized spacial score (nSPS) is 12.8. The monoisotopic (exact) mass is 652 g/mol. The molecule has 8 bridgehead atoms. The number of aryl methyl sites for hydroxylation is 2. The van der Waals surface area contributed by atoms with Crippen molar-refractivity contribution in [3.63, 3.8) is 0 Å². The molecule has 49 heavy (non-hydrogen) atoms. The van der Waals surface area contributed by atoms with Gasteiger partial charge in [0.05, 0.1) is 28.3 Å². The second kappa shape index (κ2) is 13.4. The van der Waals surface area contributed by atoms with Gasteiger partial charge < -0.3 is 19.8 Å². The van der Waals surface area contributed by atoms with Crippen LogP contribution in [0.1, 0.15) is 90.1 Å². The van der Waals surface area contributed by atoms with Crippen molar-refractivity contribution in [2.75, 3.05) is 0 Å². The van der Waals surface area contributed by atoms with Gasteiger partial charge in [0.2, 0.25) is 0 Å². The van der Waals surface area contributed by atoms with E-state index in [1.807, 2.05) is 56.3 Å². The Balaban J connectivity index is 1.79. The number of carbonyl (C=O) groups is 2. The first-order valence-corrected chi connectivity index (χ1v) is 16.4. The van der Waals surface area contributed by atoms with E-state index in [-0.39, 0.29) is 12.8 Å². The number of aromatic nitrogens is 4. The van der Waals surface area contributed by atoms with Gasteiger partial charge in [0.1, 0.15) is 0 Å². The number of aliphatic carboxylic acids is 2. The Morgan fingerprint density at radius 2 is 1.29 bits per heavy atom. The quantitative estimate of drug-likeness (QED) is 0.157. The number of nitrogens with zero attached hydrogens (tertiary/aromatic N) is 3. The molecule has 5 heterocycles. The number of carboxylic acid groups (broad SMARTS) is 2. The molecule has 0 aliphatic carbocycles. The van der Waals surface area contributed by atoms with Crippen LogP contribution in [0.4, 0.5) is 0 Å². The lowest BCUT2D eigenvalue weighted by molar-refractivity contribution is -0.137. The molecule has 0 radical (unpaired) electrons. The second-order valence-electron chi connectivity index (χ2n) is 12.6. The number of fused-ring (bicyclic) bond motifs is 8. The summed E-state index contributed by atoms with van der Waals surface area (Å²) in [4.78, 5) is 37.2. The summed E-state index contributed by atoms with van der Waals surface area (Å²) in [5, 5.41) is 19.2. The molecule has 2 aliphatic heterocycles. The standard InChI is InChI=1S/C41H40N4O4/c1-7-28-23(3)34-21-39-29(8-2)26(6)38(45(39)22-27-12-10-9-11-13-27)20-33-25(5)31(15-17-41(48)49)37(44-33)19-36-30(14-16-40(46)47)24(4)32(42-36)18-35(28)43-34/h7-13,18-21,43H,1-2,14-17,22H2,3-6H3,(H,46,47)(H,48,49). The number of carboxylic acids is 2. The summed E-state index contributed by atoms with van der Waals surface area (Å²) in [5.41, 5.74) is 15.1. The lowest BCUT2D eigenvalue weighted by Gasteiger charge is -2.08. The third kappa shape index (κ3) is 6.29. The molecule has 248 valence electrons. The summed E-state index contributed by atoms with van der Waals surface area (Å²) in [7, 11) is 0. The first kappa shape index (κ1) is 33.2. The highest BCUT2D eigenvalue weighted by Gasteiger charge is 2.23. The van der Waals surface area contributed by atoms with Crippen molar-refractivity contribution >= 4 is 68.4 Å². The topological polar surface area (TPSA) is 121 Å². The summed E-state index contributed by atoms with van der Waals surface area (Å²) in [5.74, 6) is -1.78. The van der Waals surface area contributed by atoms with E-state index < -0.39 is 11.9 Å². The highest BCUT2D eigenvalue weighted by molar-refractivity contribution is 5.97. The Kier molecular flexibility index (Phi) is 9.06. The van der Waals surface area contributed by atoms with Gasteiger partial charge in [-0.15, -0.1) is 0 Å². The number of allylic oxidation sites excluding steroid dienone is 4. The van der Waals surface area contributed by atoms with Crippen LogP contribution in [0, 0.1) is 13.8 Å². The number of H-pyrrole nitrogens is 1. The zero-order valence-corrected chi connectivity index (χ0v) is 28.4. The number of aromatic amines is 1. The minimum atomic E-state index is -0.891. The summed E-state index contributed by atoms with van der Waals surface area (Å²) in [6, 6.07) is 18.4. The van der Waals surface area contributed by atoms with Crippen molar-refractivity contribution in [3.05, 3.63) is 118 Å². The molecule has 3 N–H and O–H groups in total. The van der Waals surface area contributed by atoms with Crippen LogP contribution in [-0.4, -0.2) is 41.7 Å². The van der Waals surface area contributed by atoms with Crippen molar-refractivity contribution in [1.29, 1.82) is 0 Å². The zero-order valence-electron chi connectivity index (χ0n) is 28.4. The van der Waals surface area contributed by atoms with Crippen molar-refractivity contribution < 1.29 is 19.8 Å². The average molecular weight is 653 g/mol. The van der Waals surface area contributed by atoms with E-state index in [4.69, 9.17) is 9.97 Å².